The number of hydrogen-bond donors (Lipinski definition) is 2. The number of rotatable bonds is 9. The first kappa shape index (κ1) is 30.5. The Morgan fingerprint density at radius 1 is 1.00 bits per heavy atom. The number of aromatic nitrogens is 3. The maximum Gasteiger partial charge on any atom is 0.411 e. The van der Waals surface area contributed by atoms with E-state index in [-0.39, 0.29) is 30.0 Å². The molecule has 0 saturated heterocycles. The number of thiazole rings is 1. The molecule has 0 fully saturated rings. The zero-order valence-corrected chi connectivity index (χ0v) is 24.7. The van der Waals surface area contributed by atoms with Crippen molar-refractivity contribution in [1.29, 1.82) is 0 Å². The van der Waals surface area contributed by atoms with Gasteiger partial charge in [0.1, 0.15) is 16.6 Å². The molecule has 2 aromatic heterocycles. The smallest absolute Gasteiger partial charge is 0.411 e. The van der Waals surface area contributed by atoms with Crippen LogP contribution in [0.25, 0.3) is 21.8 Å². The molecule has 9 nitrogen and oxygen atoms in total. The van der Waals surface area contributed by atoms with Gasteiger partial charge in [0.15, 0.2) is 0 Å². The number of carbonyl (C=O) groups excluding carboxylic acids is 1. The van der Waals surface area contributed by atoms with Crippen LogP contribution in [0.4, 0.5) is 19.3 Å². The highest BCUT2D eigenvalue weighted by Gasteiger charge is 2.23. The van der Waals surface area contributed by atoms with E-state index in [0.29, 0.717) is 22.0 Å². The van der Waals surface area contributed by atoms with Gasteiger partial charge in [-0.3, -0.25) is 19.2 Å². The quantitative estimate of drug-likeness (QED) is 0.219. The minimum Gasteiger partial charge on any atom is -0.450 e. The molecule has 0 bridgehead atoms. The normalized spacial score (nSPS) is 11.8. The molecule has 0 radical (unpaired) electrons. The molecule has 44 heavy (non-hydrogen) atoms. The summed E-state index contributed by atoms with van der Waals surface area (Å²) in [6.07, 6.45) is -0.569. The Hall–Kier alpha value is -4.94. The van der Waals surface area contributed by atoms with Gasteiger partial charge in [0, 0.05) is 33.9 Å². The lowest BCUT2D eigenvalue weighted by Gasteiger charge is -2.19. The van der Waals surface area contributed by atoms with Crippen LogP contribution >= 0.6 is 11.3 Å². The third-order valence-corrected chi connectivity index (χ3v) is 7.98. The molecule has 0 aliphatic rings. The molecule has 5 aromatic rings. The number of hydrogen-bond acceptors (Lipinski definition) is 7. The van der Waals surface area contributed by atoms with Crippen molar-refractivity contribution in [2.24, 2.45) is 5.73 Å². The minimum absolute atomic E-state index is 0.115. The summed E-state index contributed by atoms with van der Waals surface area (Å²) in [7, 11) is 0. The fourth-order valence-electron chi connectivity index (χ4n) is 4.79. The summed E-state index contributed by atoms with van der Waals surface area (Å²) in [5, 5.41) is 4.88. The maximum atomic E-state index is 14.7. The van der Waals surface area contributed by atoms with Crippen LogP contribution in [0.5, 0.6) is 0 Å². The van der Waals surface area contributed by atoms with E-state index in [1.807, 2.05) is 6.07 Å². The molecule has 3 N–H and O–H groups in total. The van der Waals surface area contributed by atoms with Gasteiger partial charge in [0.2, 0.25) is 0 Å². The third-order valence-electron chi connectivity index (χ3n) is 7.09. The predicted molar refractivity (Wildman–Crippen MR) is 166 cm³/mol. The van der Waals surface area contributed by atoms with E-state index in [0.717, 1.165) is 22.3 Å². The van der Waals surface area contributed by atoms with E-state index in [1.54, 1.807) is 67.8 Å². The Kier molecular flexibility index (Phi) is 9.12. The average molecular weight is 618 g/mol. The minimum atomic E-state index is -0.812. The summed E-state index contributed by atoms with van der Waals surface area (Å²) < 4.78 is 36.4. The zero-order valence-electron chi connectivity index (χ0n) is 23.9. The Balaban J connectivity index is 1.58. The van der Waals surface area contributed by atoms with E-state index in [9.17, 15) is 23.2 Å². The van der Waals surface area contributed by atoms with Crippen LogP contribution in [0.2, 0.25) is 0 Å². The molecular formula is C32H29F2N5O4S. The molecule has 0 aliphatic carbocycles. The maximum absolute atomic E-state index is 14.7. The predicted octanol–water partition coefficient (Wildman–Crippen LogP) is 5.70. The van der Waals surface area contributed by atoms with Crippen molar-refractivity contribution in [2.75, 3.05) is 11.9 Å². The number of benzene rings is 3. The molecule has 1 atom stereocenters. The number of carbonyl (C=O) groups is 1. The lowest BCUT2D eigenvalue weighted by atomic mass is 10.1. The standard InChI is InChI=1S/C32H29F2N5O4S/c1-3-43-31(41)36-22-14-12-21(13-15-22)29-37-27(18-44-29)28-19(2)38(16-23-24(33)10-7-11-25(23)34)32(42)39(30(28)40)17-26(35)20-8-5-4-6-9-20/h4-15,18,26H,3,16-17,35H2,1-2H3,(H,36,41)/t26-/m0/s1. The van der Waals surface area contributed by atoms with Gasteiger partial charge in [-0.15, -0.1) is 11.3 Å². The first-order valence-electron chi connectivity index (χ1n) is 13.8. The van der Waals surface area contributed by atoms with Gasteiger partial charge >= 0.3 is 11.8 Å². The zero-order chi connectivity index (χ0) is 31.4. The molecule has 1 amide bonds. The SMILES string of the molecule is CCOC(=O)Nc1ccc(-c2nc(-c3c(C)n(Cc4c(F)cccc4F)c(=O)n(C[C@H](N)c4ccccc4)c3=O)cs2)cc1. The number of ether oxygens (including phenoxy) is 1. The van der Waals surface area contributed by atoms with E-state index in [4.69, 9.17) is 10.5 Å². The highest BCUT2D eigenvalue weighted by atomic mass is 32.1. The van der Waals surface area contributed by atoms with Crippen molar-refractivity contribution in [3.05, 3.63) is 127 Å². The summed E-state index contributed by atoms with van der Waals surface area (Å²) in [6.45, 7) is 2.89. The van der Waals surface area contributed by atoms with Crippen molar-refractivity contribution in [1.82, 2.24) is 14.1 Å². The second kappa shape index (κ2) is 13.1. The topological polar surface area (TPSA) is 121 Å². The van der Waals surface area contributed by atoms with Gasteiger partial charge in [0.25, 0.3) is 5.56 Å². The van der Waals surface area contributed by atoms with Gasteiger partial charge in [-0.05, 0) is 55.8 Å². The van der Waals surface area contributed by atoms with E-state index >= 15 is 0 Å². The third kappa shape index (κ3) is 6.36. The fraction of sp³-hybridized carbons (Fsp3) is 0.188. The summed E-state index contributed by atoms with van der Waals surface area (Å²) in [5.74, 6) is -1.62. The van der Waals surface area contributed by atoms with Gasteiger partial charge in [0.05, 0.1) is 31.0 Å². The van der Waals surface area contributed by atoms with Crippen LogP contribution < -0.4 is 22.3 Å². The summed E-state index contributed by atoms with van der Waals surface area (Å²) >= 11 is 1.27. The molecule has 12 heteroatoms. The number of nitrogens with two attached hydrogens (primary N) is 1. The monoisotopic (exact) mass is 617 g/mol. The highest BCUT2D eigenvalue weighted by Crippen LogP contribution is 2.30. The van der Waals surface area contributed by atoms with Gasteiger partial charge in [-0.25, -0.2) is 23.4 Å². The average Bonchev–Trinajstić information content (AvgIpc) is 3.49. The lowest BCUT2D eigenvalue weighted by molar-refractivity contribution is 0.168. The molecular weight excluding hydrogens is 588 g/mol. The van der Waals surface area contributed by atoms with E-state index < -0.39 is 41.6 Å². The van der Waals surface area contributed by atoms with Crippen molar-refractivity contribution in [3.63, 3.8) is 0 Å². The molecule has 2 heterocycles. The van der Waals surface area contributed by atoms with Crippen molar-refractivity contribution in [2.45, 2.75) is 33.0 Å². The van der Waals surface area contributed by atoms with E-state index in [2.05, 4.69) is 10.3 Å². The molecule has 0 aliphatic heterocycles. The Bertz CT molecular complexity index is 1900. The molecule has 0 saturated carbocycles. The lowest BCUT2D eigenvalue weighted by Crippen LogP contribution is -2.44. The largest absolute Gasteiger partial charge is 0.450 e. The van der Waals surface area contributed by atoms with E-state index in [1.165, 1.54) is 22.0 Å². The van der Waals surface area contributed by atoms with Gasteiger partial charge < -0.3 is 10.5 Å². The van der Waals surface area contributed by atoms with Gasteiger partial charge in [-0.1, -0.05) is 36.4 Å². The fourth-order valence-corrected chi connectivity index (χ4v) is 5.61. The number of amides is 1. The van der Waals surface area contributed by atoms with Crippen LogP contribution in [-0.4, -0.2) is 26.8 Å². The summed E-state index contributed by atoms with van der Waals surface area (Å²) in [4.78, 5) is 44.1. The molecule has 0 unspecified atom stereocenters. The number of halogens is 2. The molecule has 5 rings (SSSR count). The first-order valence-corrected chi connectivity index (χ1v) is 14.6. The Morgan fingerprint density at radius 3 is 2.34 bits per heavy atom. The molecule has 3 aromatic carbocycles. The van der Waals surface area contributed by atoms with Crippen molar-refractivity contribution < 1.29 is 18.3 Å². The summed E-state index contributed by atoms with van der Waals surface area (Å²) in [6, 6.07) is 18.7. The second-order valence-electron chi connectivity index (χ2n) is 9.92. The number of anilines is 1. The molecule has 226 valence electrons. The van der Waals surface area contributed by atoms with Crippen LogP contribution in [0.3, 0.4) is 0 Å². The number of nitrogens with zero attached hydrogens (tertiary/aromatic N) is 3. The number of nitrogens with one attached hydrogen (secondary N) is 1. The molecule has 0 spiro atoms. The van der Waals surface area contributed by atoms with Crippen molar-refractivity contribution >= 4 is 23.1 Å². The summed E-state index contributed by atoms with van der Waals surface area (Å²) in [5.41, 5.74) is 7.32. The van der Waals surface area contributed by atoms with Crippen LogP contribution in [0.15, 0.2) is 87.8 Å². The Morgan fingerprint density at radius 2 is 1.68 bits per heavy atom. The highest BCUT2D eigenvalue weighted by molar-refractivity contribution is 7.13. The van der Waals surface area contributed by atoms with Crippen molar-refractivity contribution in [3.8, 4) is 21.8 Å². The van der Waals surface area contributed by atoms with Crippen LogP contribution in [0, 0.1) is 18.6 Å². The second-order valence-corrected chi connectivity index (χ2v) is 10.8. The van der Waals surface area contributed by atoms with Crippen LogP contribution in [0.1, 0.15) is 29.8 Å². The van der Waals surface area contributed by atoms with Gasteiger partial charge in [-0.2, -0.15) is 0 Å². The van der Waals surface area contributed by atoms with Crippen LogP contribution in [-0.2, 0) is 17.8 Å². The first-order chi connectivity index (χ1) is 21.2. The Labute approximate surface area is 255 Å².